The second-order valence-electron chi connectivity index (χ2n) is 10.1. The molecule has 1 aromatic heterocycles. The predicted octanol–water partition coefficient (Wildman–Crippen LogP) is 4.52. The molecule has 0 unspecified atom stereocenters. The van der Waals surface area contributed by atoms with Crippen molar-refractivity contribution in [1.29, 1.82) is 5.41 Å². The van der Waals surface area contributed by atoms with E-state index in [4.69, 9.17) is 14.6 Å². The minimum atomic E-state index is -1.12. The number of benzene rings is 2. The van der Waals surface area contributed by atoms with Crippen LogP contribution in [0.25, 0.3) is 11.0 Å². The molecule has 9 nitrogen and oxygen atoms in total. The van der Waals surface area contributed by atoms with Crippen molar-refractivity contribution in [2.75, 3.05) is 20.2 Å². The summed E-state index contributed by atoms with van der Waals surface area (Å²) in [5.74, 6) is -0.837. The number of nitrogens with zero attached hydrogens (tertiary/aromatic N) is 1. The first kappa shape index (κ1) is 25.9. The molecule has 3 aromatic rings. The number of aromatic carboxylic acids is 1. The quantitative estimate of drug-likeness (QED) is 0.402. The molecule has 0 spiro atoms. The highest BCUT2D eigenvalue weighted by Crippen LogP contribution is 2.36. The van der Waals surface area contributed by atoms with E-state index in [1.54, 1.807) is 36.1 Å². The first-order chi connectivity index (χ1) is 17.4. The van der Waals surface area contributed by atoms with E-state index in [9.17, 15) is 19.5 Å². The van der Waals surface area contributed by atoms with Gasteiger partial charge in [0.1, 0.15) is 28.5 Å². The Morgan fingerprint density at radius 2 is 1.89 bits per heavy atom. The van der Waals surface area contributed by atoms with Crippen molar-refractivity contribution < 1.29 is 28.6 Å². The Hall–Kier alpha value is -4.14. The summed E-state index contributed by atoms with van der Waals surface area (Å²) in [6.07, 6.45) is 0. The van der Waals surface area contributed by atoms with Crippen LogP contribution in [0.3, 0.4) is 0 Å². The van der Waals surface area contributed by atoms with Crippen LogP contribution in [-0.4, -0.2) is 53.7 Å². The Morgan fingerprint density at radius 1 is 1.19 bits per heavy atom. The lowest BCUT2D eigenvalue weighted by atomic mass is 9.84. The van der Waals surface area contributed by atoms with Crippen molar-refractivity contribution in [1.82, 2.24) is 10.2 Å². The van der Waals surface area contributed by atoms with Gasteiger partial charge in [-0.25, -0.2) is 4.79 Å². The molecule has 4 rings (SSSR count). The molecule has 0 bridgehead atoms. The van der Waals surface area contributed by atoms with Gasteiger partial charge in [0.2, 0.25) is 0 Å². The fourth-order valence-electron chi connectivity index (χ4n) is 4.72. The van der Waals surface area contributed by atoms with Gasteiger partial charge in [-0.05, 0) is 49.1 Å². The third-order valence-electron chi connectivity index (χ3n) is 6.55. The van der Waals surface area contributed by atoms with E-state index < -0.39 is 11.4 Å². The Balaban J connectivity index is 1.70. The molecule has 9 heteroatoms. The summed E-state index contributed by atoms with van der Waals surface area (Å²) in [5, 5.41) is 21.4. The summed E-state index contributed by atoms with van der Waals surface area (Å²) >= 11 is 0. The average Bonchev–Trinajstić information content (AvgIpc) is 3.32. The van der Waals surface area contributed by atoms with Crippen LogP contribution in [0.2, 0.25) is 0 Å². The van der Waals surface area contributed by atoms with Crippen molar-refractivity contribution in [2.24, 2.45) is 0 Å². The number of carboxylic acids is 1. The van der Waals surface area contributed by atoms with Crippen LogP contribution in [0.15, 0.2) is 28.7 Å². The second-order valence-corrected chi connectivity index (χ2v) is 10.1. The number of hydrogen-bond donors (Lipinski definition) is 3. The van der Waals surface area contributed by atoms with E-state index in [1.165, 1.54) is 7.05 Å². The fourth-order valence-corrected chi connectivity index (χ4v) is 4.72. The molecule has 1 aliphatic heterocycles. The zero-order chi connectivity index (χ0) is 27.2. The lowest BCUT2D eigenvalue weighted by Gasteiger charge is -2.21. The van der Waals surface area contributed by atoms with Gasteiger partial charge in [0, 0.05) is 35.7 Å². The summed E-state index contributed by atoms with van der Waals surface area (Å²) < 4.78 is 11.5. The molecule has 1 amide bonds. The Morgan fingerprint density at radius 3 is 2.49 bits per heavy atom. The van der Waals surface area contributed by atoms with Gasteiger partial charge in [0.05, 0.1) is 18.7 Å². The molecule has 0 atom stereocenters. The molecule has 37 heavy (non-hydrogen) atoms. The molecule has 0 radical (unpaired) electrons. The van der Waals surface area contributed by atoms with Crippen molar-refractivity contribution in [3.63, 3.8) is 0 Å². The maximum absolute atomic E-state index is 13.5. The molecular formula is C28H31N3O6. The molecule has 0 saturated heterocycles. The number of carbonyl (C=O) groups is 3. The molecule has 2 heterocycles. The predicted molar refractivity (Wildman–Crippen MR) is 139 cm³/mol. The van der Waals surface area contributed by atoms with Crippen LogP contribution in [-0.2, 0) is 12.0 Å². The highest BCUT2D eigenvalue weighted by atomic mass is 16.5. The van der Waals surface area contributed by atoms with Gasteiger partial charge >= 0.3 is 5.97 Å². The second kappa shape index (κ2) is 9.38. The standard InChI is InChI=1S/C28H31N3O6/c1-7-36-22-10-16-12-31(25(29)17(16)11-18(22)26(33)30-6)13-21(32)15-8-19-23(27(34)35)14(2)37-24(19)20(9-15)28(3,4)5/h8-11,29H,7,12-13H2,1-6H3,(H,30,33)(H,34,35). The number of furan rings is 1. The van der Waals surface area contributed by atoms with Gasteiger partial charge in [0.25, 0.3) is 5.91 Å². The fraction of sp³-hybridized carbons (Fsp3) is 0.357. The number of nitrogens with one attached hydrogen (secondary N) is 2. The number of aryl methyl sites for hydroxylation is 1. The summed E-state index contributed by atoms with van der Waals surface area (Å²) in [7, 11) is 1.53. The normalized spacial score (nSPS) is 13.1. The number of amides is 1. The Bertz CT molecular complexity index is 1460. The van der Waals surface area contributed by atoms with Crippen LogP contribution in [0.1, 0.15) is 81.2 Å². The highest BCUT2D eigenvalue weighted by Gasteiger charge is 2.31. The van der Waals surface area contributed by atoms with E-state index in [1.807, 2.05) is 27.7 Å². The summed E-state index contributed by atoms with van der Waals surface area (Å²) in [6, 6.07) is 6.70. The van der Waals surface area contributed by atoms with E-state index in [0.717, 1.165) is 11.1 Å². The zero-order valence-electron chi connectivity index (χ0n) is 21.9. The van der Waals surface area contributed by atoms with Crippen LogP contribution >= 0.6 is 0 Å². The molecule has 1 aliphatic rings. The number of amidine groups is 1. The Labute approximate surface area is 214 Å². The van der Waals surface area contributed by atoms with Gasteiger partial charge in [0.15, 0.2) is 5.78 Å². The highest BCUT2D eigenvalue weighted by molar-refractivity contribution is 6.10. The first-order valence-corrected chi connectivity index (χ1v) is 12.1. The number of fused-ring (bicyclic) bond motifs is 2. The number of hydrogen-bond acceptors (Lipinski definition) is 6. The van der Waals surface area contributed by atoms with Crippen LogP contribution < -0.4 is 10.1 Å². The van der Waals surface area contributed by atoms with Crippen molar-refractivity contribution in [2.45, 2.75) is 46.6 Å². The molecule has 0 aliphatic carbocycles. The largest absolute Gasteiger partial charge is 0.493 e. The van der Waals surface area contributed by atoms with E-state index in [0.29, 0.717) is 46.6 Å². The lowest BCUT2D eigenvalue weighted by molar-refractivity contribution is 0.0696. The summed E-state index contributed by atoms with van der Waals surface area (Å²) in [4.78, 5) is 39.4. The van der Waals surface area contributed by atoms with Crippen molar-refractivity contribution in [3.8, 4) is 5.75 Å². The van der Waals surface area contributed by atoms with Gasteiger partial charge in [-0.2, -0.15) is 0 Å². The number of carboxylic acid groups (broad SMARTS) is 1. The number of ether oxygens (including phenoxy) is 1. The minimum Gasteiger partial charge on any atom is -0.493 e. The number of rotatable bonds is 7. The molecule has 0 saturated carbocycles. The number of Topliss-reactive ketones (excluding diaryl/α,β-unsaturated/α-hetero) is 1. The van der Waals surface area contributed by atoms with Gasteiger partial charge < -0.3 is 24.5 Å². The molecular weight excluding hydrogens is 474 g/mol. The SMILES string of the molecule is CCOc1cc2c(cc1C(=O)NC)C(=N)N(CC(=O)c1cc(C(C)(C)C)c3oc(C)c(C(=O)O)c3c1)C2. The topological polar surface area (TPSA) is 133 Å². The van der Waals surface area contributed by atoms with Gasteiger partial charge in [-0.3, -0.25) is 15.0 Å². The smallest absolute Gasteiger partial charge is 0.339 e. The maximum Gasteiger partial charge on any atom is 0.339 e. The van der Waals surface area contributed by atoms with E-state index in [2.05, 4.69) is 5.32 Å². The lowest BCUT2D eigenvalue weighted by Crippen LogP contribution is -2.30. The third-order valence-corrected chi connectivity index (χ3v) is 6.55. The summed E-state index contributed by atoms with van der Waals surface area (Å²) in [5.41, 5.74) is 2.88. The summed E-state index contributed by atoms with van der Waals surface area (Å²) in [6.45, 7) is 9.96. The van der Waals surface area contributed by atoms with Crippen molar-refractivity contribution >= 4 is 34.5 Å². The monoisotopic (exact) mass is 505 g/mol. The van der Waals surface area contributed by atoms with E-state index >= 15 is 0 Å². The number of carbonyl (C=O) groups excluding carboxylic acids is 2. The maximum atomic E-state index is 13.5. The molecule has 2 aromatic carbocycles. The zero-order valence-corrected chi connectivity index (χ0v) is 21.9. The van der Waals surface area contributed by atoms with E-state index in [-0.39, 0.29) is 35.4 Å². The molecule has 194 valence electrons. The molecule has 0 fully saturated rings. The van der Waals surface area contributed by atoms with Crippen LogP contribution in [0, 0.1) is 12.3 Å². The van der Waals surface area contributed by atoms with Gasteiger partial charge in [-0.15, -0.1) is 0 Å². The van der Waals surface area contributed by atoms with Gasteiger partial charge in [-0.1, -0.05) is 20.8 Å². The third kappa shape index (κ3) is 4.57. The van der Waals surface area contributed by atoms with Crippen LogP contribution in [0.5, 0.6) is 5.75 Å². The first-order valence-electron chi connectivity index (χ1n) is 12.1. The minimum absolute atomic E-state index is 0.0432. The average molecular weight is 506 g/mol. The van der Waals surface area contributed by atoms with Crippen LogP contribution in [0.4, 0.5) is 0 Å². The van der Waals surface area contributed by atoms with Crippen molar-refractivity contribution in [3.05, 3.63) is 63.4 Å². The Kier molecular flexibility index (Phi) is 6.58. The molecule has 3 N–H and O–H groups in total. The number of ketones is 1.